The van der Waals surface area contributed by atoms with Gasteiger partial charge in [0.1, 0.15) is 6.04 Å². The molecule has 4 rings (SSSR count). The number of hydrogen-bond donors (Lipinski definition) is 2. The summed E-state index contributed by atoms with van der Waals surface area (Å²) in [7, 11) is 0. The van der Waals surface area contributed by atoms with Crippen LogP contribution >= 0.6 is 11.8 Å². The number of piperidine rings is 1. The molecular formula is C25H32N4O3S. The first-order valence-electron chi connectivity index (χ1n) is 11.5. The zero-order valence-corrected chi connectivity index (χ0v) is 20.1. The van der Waals surface area contributed by atoms with E-state index in [9.17, 15) is 14.4 Å². The Morgan fingerprint density at radius 1 is 1.12 bits per heavy atom. The number of aryl methyl sites for hydroxylation is 1. The molecule has 1 saturated heterocycles. The minimum Gasteiger partial charge on any atom is -0.350 e. The highest BCUT2D eigenvalue weighted by molar-refractivity contribution is 7.98. The summed E-state index contributed by atoms with van der Waals surface area (Å²) in [5.41, 5.74) is 3.24. The molecule has 3 atom stereocenters. The Morgan fingerprint density at radius 2 is 1.91 bits per heavy atom. The van der Waals surface area contributed by atoms with Crippen molar-refractivity contribution in [2.45, 2.75) is 44.8 Å². The highest BCUT2D eigenvalue weighted by atomic mass is 32.2. The van der Waals surface area contributed by atoms with Crippen LogP contribution in [0, 0.1) is 12.8 Å². The highest BCUT2D eigenvalue weighted by Gasteiger charge is 2.37. The van der Waals surface area contributed by atoms with Gasteiger partial charge in [-0.1, -0.05) is 35.9 Å². The molecule has 2 N–H and O–H groups in total. The van der Waals surface area contributed by atoms with Crippen molar-refractivity contribution in [2.24, 2.45) is 5.92 Å². The van der Waals surface area contributed by atoms with Crippen LogP contribution < -0.4 is 16.2 Å². The zero-order chi connectivity index (χ0) is 23.4. The Bertz CT molecular complexity index is 1050. The van der Waals surface area contributed by atoms with E-state index in [1.165, 1.54) is 5.56 Å². The lowest BCUT2D eigenvalue weighted by Gasteiger charge is -2.43. The van der Waals surface area contributed by atoms with Crippen LogP contribution in [-0.4, -0.2) is 52.5 Å². The number of rotatable bonds is 7. The molecule has 2 aliphatic rings. The van der Waals surface area contributed by atoms with Gasteiger partial charge in [-0.3, -0.25) is 9.59 Å². The number of pyridine rings is 1. The zero-order valence-electron chi connectivity index (χ0n) is 19.3. The number of likely N-dealkylation sites (tertiary alicyclic amines) is 1. The molecule has 0 radical (unpaired) electrons. The lowest BCUT2D eigenvalue weighted by Crippen LogP contribution is -2.56. The van der Waals surface area contributed by atoms with Gasteiger partial charge in [0, 0.05) is 43.9 Å². The van der Waals surface area contributed by atoms with Gasteiger partial charge in [-0.05, 0) is 49.3 Å². The second-order valence-electron chi connectivity index (χ2n) is 9.09. The van der Waals surface area contributed by atoms with Crippen LogP contribution in [0.2, 0.25) is 0 Å². The Labute approximate surface area is 198 Å². The number of nitrogens with one attached hydrogen (secondary N) is 2. The number of carbonyl (C=O) groups excluding carboxylic acids is 2. The van der Waals surface area contributed by atoms with Crippen molar-refractivity contribution in [1.29, 1.82) is 0 Å². The molecular weight excluding hydrogens is 436 g/mol. The molecule has 2 bridgehead atoms. The van der Waals surface area contributed by atoms with Crippen LogP contribution in [0.3, 0.4) is 0 Å². The molecule has 3 amide bonds. The summed E-state index contributed by atoms with van der Waals surface area (Å²) < 4.78 is 1.86. The van der Waals surface area contributed by atoms with E-state index >= 15 is 0 Å². The van der Waals surface area contributed by atoms with Crippen molar-refractivity contribution in [2.75, 3.05) is 25.1 Å². The molecule has 2 unspecified atom stereocenters. The van der Waals surface area contributed by atoms with Crippen LogP contribution in [0.25, 0.3) is 0 Å². The van der Waals surface area contributed by atoms with Crippen molar-refractivity contribution >= 4 is 23.7 Å². The van der Waals surface area contributed by atoms with Gasteiger partial charge >= 0.3 is 6.03 Å². The third kappa shape index (κ3) is 5.61. The number of carbonyl (C=O) groups is 2. The van der Waals surface area contributed by atoms with Gasteiger partial charge in [0.2, 0.25) is 5.91 Å². The molecule has 1 fully saturated rings. The first-order valence-corrected chi connectivity index (χ1v) is 12.9. The molecule has 0 aliphatic carbocycles. The number of urea groups is 1. The van der Waals surface area contributed by atoms with E-state index in [-0.39, 0.29) is 29.3 Å². The van der Waals surface area contributed by atoms with Gasteiger partial charge in [-0.2, -0.15) is 11.8 Å². The van der Waals surface area contributed by atoms with E-state index < -0.39 is 6.04 Å². The fraction of sp³-hybridized carbons (Fsp3) is 0.480. The van der Waals surface area contributed by atoms with Crippen molar-refractivity contribution < 1.29 is 9.59 Å². The SMILES string of the molecule is CSCC[C@H](NC(=O)N1CC2CC(C1)c1cccc(=O)n1C2)C(=O)NCc1ccc(C)cc1. The van der Waals surface area contributed by atoms with Gasteiger partial charge in [0.05, 0.1) is 0 Å². The van der Waals surface area contributed by atoms with Crippen molar-refractivity contribution in [3.8, 4) is 0 Å². The molecule has 1 aromatic heterocycles. The Morgan fingerprint density at radius 3 is 2.67 bits per heavy atom. The molecule has 1 aromatic carbocycles. The largest absolute Gasteiger partial charge is 0.350 e. The van der Waals surface area contributed by atoms with E-state index in [1.807, 2.05) is 53.0 Å². The monoisotopic (exact) mass is 468 g/mol. The summed E-state index contributed by atoms with van der Waals surface area (Å²) in [4.78, 5) is 40.1. The van der Waals surface area contributed by atoms with Gasteiger partial charge in [0.25, 0.3) is 5.56 Å². The molecule has 3 heterocycles. The molecule has 2 aromatic rings. The lowest BCUT2D eigenvalue weighted by molar-refractivity contribution is -0.123. The molecule has 0 saturated carbocycles. The molecule has 0 spiro atoms. The predicted octanol–water partition coefficient (Wildman–Crippen LogP) is 2.72. The number of fused-ring (bicyclic) bond motifs is 4. The highest BCUT2D eigenvalue weighted by Crippen LogP contribution is 2.34. The van der Waals surface area contributed by atoms with E-state index in [0.29, 0.717) is 32.6 Å². The lowest BCUT2D eigenvalue weighted by atomic mass is 9.83. The number of thioether (sulfide) groups is 1. The van der Waals surface area contributed by atoms with Crippen LogP contribution in [0.4, 0.5) is 4.79 Å². The second-order valence-corrected chi connectivity index (χ2v) is 10.1. The average Bonchev–Trinajstić information content (AvgIpc) is 2.81. The fourth-order valence-electron chi connectivity index (χ4n) is 4.83. The maximum Gasteiger partial charge on any atom is 0.318 e. The van der Waals surface area contributed by atoms with Gasteiger partial charge in [0.15, 0.2) is 0 Å². The minimum absolute atomic E-state index is 0.0301. The molecule has 2 aliphatic heterocycles. The maximum absolute atomic E-state index is 13.2. The van der Waals surface area contributed by atoms with E-state index in [4.69, 9.17) is 0 Å². The Kier molecular flexibility index (Phi) is 7.42. The third-order valence-electron chi connectivity index (χ3n) is 6.58. The van der Waals surface area contributed by atoms with E-state index in [1.54, 1.807) is 23.9 Å². The number of nitrogens with zero attached hydrogens (tertiary/aromatic N) is 2. The van der Waals surface area contributed by atoms with Crippen molar-refractivity contribution in [3.63, 3.8) is 0 Å². The fourth-order valence-corrected chi connectivity index (χ4v) is 5.30. The molecule has 176 valence electrons. The Hall–Kier alpha value is -2.74. The van der Waals surface area contributed by atoms with Crippen LogP contribution in [0.1, 0.15) is 35.6 Å². The average molecular weight is 469 g/mol. The van der Waals surface area contributed by atoms with E-state index in [0.717, 1.165) is 23.4 Å². The van der Waals surface area contributed by atoms with Gasteiger partial charge in [-0.15, -0.1) is 0 Å². The van der Waals surface area contributed by atoms with E-state index in [2.05, 4.69) is 10.6 Å². The molecule has 33 heavy (non-hydrogen) atoms. The topological polar surface area (TPSA) is 83.4 Å². The van der Waals surface area contributed by atoms with Crippen molar-refractivity contribution in [1.82, 2.24) is 20.1 Å². The number of benzene rings is 1. The molecule has 7 nitrogen and oxygen atoms in total. The number of hydrogen-bond acceptors (Lipinski definition) is 4. The first kappa shape index (κ1) is 23.4. The smallest absolute Gasteiger partial charge is 0.318 e. The number of aromatic nitrogens is 1. The van der Waals surface area contributed by atoms with Crippen LogP contribution in [0.15, 0.2) is 47.3 Å². The van der Waals surface area contributed by atoms with Crippen LogP contribution in [0.5, 0.6) is 0 Å². The molecule has 8 heteroatoms. The summed E-state index contributed by atoms with van der Waals surface area (Å²) in [6, 6.07) is 12.7. The summed E-state index contributed by atoms with van der Waals surface area (Å²) in [6.07, 6.45) is 3.56. The van der Waals surface area contributed by atoms with Crippen LogP contribution in [-0.2, 0) is 17.9 Å². The summed E-state index contributed by atoms with van der Waals surface area (Å²) in [5, 5.41) is 5.96. The minimum atomic E-state index is -0.577. The van der Waals surface area contributed by atoms with Crippen molar-refractivity contribution in [3.05, 3.63) is 69.6 Å². The second kappa shape index (κ2) is 10.5. The first-order chi connectivity index (χ1) is 15.9. The standard InChI is InChI=1S/C25H32N4O3S/c1-17-6-8-18(9-7-17)13-26-24(31)21(10-11-33-2)27-25(32)28-14-19-12-20(16-28)22-4-3-5-23(30)29(22)15-19/h3-9,19-21H,10-16H2,1-2H3,(H,26,31)(H,27,32)/t19?,20?,21-/m0/s1. The summed E-state index contributed by atoms with van der Waals surface area (Å²) in [6.45, 7) is 4.27. The maximum atomic E-state index is 13.2. The van der Waals surface area contributed by atoms with Gasteiger partial charge in [-0.25, -0.2) is 4.79 Å². The number of amides is 3. The van der Waals surface area contributed by atoms with Gasteiger partial charge < -0.3 is 20.1 Å². The predicted molar refractivity (Wildman–Crippen MR) is 131 cm³/mol. The summed E-state index contributed by atoms with van der Waals surface area (Å²) >= 11 is 1.66. The quantitative estimate of drug-likeness (QED) is 0.655. The summed E-state index contributed by atoms with van der Waals surface area (Å²) in [5.74, 6) is 1.02. The third-order valence-corrected chi connectivity index (χ3v) is 7.22. The Balaban J connectivity index is 1.39. The normalized spacial score (nSPS) is 20.0.